The van der Waals surface area contributed by atoms with Crippen LogP contribution in [0.5, 0.6) is 17.2 Å². The molecule has 1 aliphatic heterocycles. The highest BCUT2D eigenvalue weighted by Crippen LogP contribution is 2.48. The normalized spacial score (nSPS) is 16.8. The number of nitrogens with zero attached hydrogens (tertiary/aromatic N) is 1. The van der Waals surface area contributed by atoms with Gasteiger partial charge in [0.25, 0.3) is 5.91 Å². The summed E-state index contributed by atoms with van der Waals surface area (Å²) in [7, 11) is 2.78. The summed E-state index contributed by atoms with van der Waals surface area (Å²) in [6.45, 7) is 2.46. The van der Waals surface area contributed by atoms with Crippen LogP contribution < -0.4 is 19.1 Å². The van der Waals surface area contributed by atoms with Gasteiger partial charge >= 0.3 is 18.3 Å². The lowest BCUT2D eigenvalue weighted by Gasteiger charge is -2.26. The van der Waals surface area contributed by atoms with Gasteiger partial charge in [-0.2, -0.15) is 26.3 Å². The largest absolute Gasteiger partial charge is 0.497 e. The van der Waals surface area contributed by atoms with Gasteiger partial charge in [0.05, 0.1) is 51.6 Å². The standard InChI is InChI=1S/C32H31F6NO7/c1-5-44-24-9-7-8-21(28(24)32(36,37)38)29-22-14-19(31(33,34)35)11-13-23(22)39(30(41)26(46-29)16-27(40)45-6-2)17-18-10-12-20(42-3)15-25(18)43-4/h7-15,26,29H,5-6,16-17H2,1-4H3/t26-,29-/m1/s1. The van der Waals surface area contributed by atoms with Gasteiger partial charge in [0.1, 0.15) is 35.0 Å². The molecule has 0 saturated heterocycles. The zero-order chi connectivity index (χ0) is 33.8. The van der Waals surface area contributed by atoms with Gasteiger partial charge in [-0.05, 0) is 50.2 Å². The first-order chi connectivity index (χ1) is 21.7. The molecule has 0 unspecified atom stereocenters. The van der Waals surface area contributed by atoms with Gasteiger partial charge in [0.2, 0.25) is 0 Å². The van der Waals surface area contributed by atoms with E-state index in [1.165, 1.54) is 40.2 Å². The summed E-state index contributed by atoms with van der Waals surface area (Å²) in [5.74, 6) is -1.71. The second kappa shape index (κ2) is 13.9. The molecule has 4 rings (SSSR count). The van der Waals surface area contributed by atoms with Gasteiger partial charge in [0, 0.05) is 22.8 Å². The molecule has 248 valence electrons. The van der Waals surface area contributed by atoms with E-state index in [1.54, 1.807) is 12.1 Å². The van der Waals surface area contributed by atoms with Crippen molar-refractivity contribution < 1.29 is 59.6 Å². The van der Waals surface area contributed by atoms with Crippen molar-refractivity contribution in [3.63, 3.8) is 0 Å². The van der Waals surface area contributed by atoms with Gasteiger partial charge in [-0.15, -0.1) is 0 Å². The second-order valence-electron chi connectivity index (χ2n) is 10.0. The van der Waals surface area contributed by atoms with Crippen molar-refractivity contribution in [1.29, 1.82) is 0 Å². The summed E-state index contributed by atoms with van der Waals surface area (Å²) in [6, 6.07) is 10.4. The number of halogens is 6. The maximum absolute atomic E-state index is 14.6. The van der Waals surface area contributed by atoms with Crippen molar-refractivity contribution in [2.24, 2.45) is 0 Å². The van der Waals surface area contributed by atoms with Crippen LogP contribution in [0.2, 0.25) is 0 Å². The molecule has 1 heterocycles. The Kier molecular flexibility index (Phi) is 10.4. The molecule has 0 saturated carbocycles. The number of alkyl halides is 6. The SMILES string of the molecule is CCOC(=O)C[C@H]1O[C@H](c2cccc(OCC)c2C(F)(F)F)c2cc(C(F)(F)F)ccc2N(Cc2ccc(OC)cc2OC)C1=O. The molecule has 3 aromatic rings. The summed E-state index contributed by atoms with van der Waals surface area (Å²) in [5, 5.41) is 0. The first kappa shape index (κ1) is 34.4. The molecule has 1 aliphatic rings. The lowest BCUT2D eigenvalue weighted by molar-refractivity contribution is -0.152. The van der Waals surface area contributed by atoms with Crippen LogP contribution in [0.3, 0.4) is 0 Å². The minimum atomic E-state index is -5.05. The van der Waals surface area contributed by atoms with Gasteiger partial charge in [-0.25, -0.2) is 0 Å². The number of carbonyl (C=O) groups is 2. The molecule has 0 N–H and O–H groups in total. The van der Waals surface area contributed by atoms with Crippen LogP contribution in [0.15, 0.2) is 54.6 Å². The number of benzene rings is 3. The molecule has 0 bridgehead atoms. The summed E-state index contributed by atoms with van der Waals surface area (Å²) < 4.78 is 113. The number of methoxy groups -OCH3 is 2. The zero-order valence-corrected chi connectivity index (χ0v) is 25.3. The number of rotatable bonds is 10. The minimum absolute atomic E-state index is 0.0697. The topological polar surface area (TPSA) is 83.5 Å². The van der Waals surface area contributed by atoms with E-state index in [2.05, 4.69) is 0 Å². The van der Waals surface area contributed by atoms with Crippen LogP contribution in [0.25, 0.3) is 0 Å². The van der Waals surface area contributed by atoms with Crippen LogP contribution in [0.4, 0.5) is 32.0 Å². The van der Waals surface area contributed by atoms with Gasteiger partial charge in [0.15, 0.2) is 0 Å². The van der Waals surface area contributed by atoms with Crippen molar-refractivity contribution in [3.05, 3.63) is 82.4 Å². The average Bonchev–Trinajstić information content (AvgIpc) is 3.10. The molecule has 0 spiro atoms. The third kappa shape index (κ3) is 7.33. The third-order valence-electron chi connectivity index (χ3n) is 7.17. The Morgan fingerprint density at radius 2 is 1.61 bits per heavy atom. The predicted molar refractivity (Wildman–Crippen MR) is 153 cm³/mol. The highest BCUT2D eigenvalue weighted by Gasteiger charge is 2.45. The van der Waals surface area contributed by atoms with Crippen LogP contribution >= 0.6 is 0 Å². The van der Waals surface area contributed by atoms with Crippen LogP contribution in [0, 0.1) is 0 Å². The number of ether oxygens (including phenoxy) is 5. The van der Waals surface area contributed by atoms with Gasteiger partial charge in [-0.3, -0.25) is 9.59 Å². The number of carbonyl (C=O) groups excluding carboxylic acids is 2. The Bertz CT molecular complexity index is 1570. The summed E-state index contributed by atoms with van der Waals surface area (Å²) in [6.07, 6.45) is -14.3. The average molecular weight is 656 g/mol. The van der Waals surface area contributed by atoms with Crippen molar-refractivity contribution >= 4 is 17.6 Å². The molecule has 0 aromatic heterocycles. The van der Waals surface area contributed by atoms with E-state index in [9.17, 15) is 35.9 Å². The number of anilines is 1. The van der Waals surface area contributed by atoms with E-state index in [4.69, 9.17) is 23.7 Å². The minimum Gasteiger partial charge on any atom is -0.497 e. The molecular weight excluding hydrogens is 624 g/mol. The third-order valence-corrected chi connectivity index (χ3v) is 7.17. The van der Waals surface area contributed by atoms with E-state index in [0.29, 0.717) is 23.4 Å². The Morgan fingerprint density at radius 3 is 2.22 bits per heavy atom. The molecule has 46 heavy (non-hydrogen) atoms. The fraction of sp³-hybridized carbons (Fsp3) is 0.375. The van der Waals surface area contributed by atoms with E-state index >= 15 is 0 Å². The van der Waals surface area contributed by atoms with E-state index < -0.39 is 65.3 Å². The maximum Gasteiger partial charge on any atom is 0.420 e. The highest BCUT2D eigenvalue weighted by atomic mass is 19.4. The summed E-state index contributed by atoms with van der Waals surface area (Å²) in [5.41, 5.74) is -3.26. The van der Waals surface area contributed by atoms with Crippen LogP contribution in [-0.2, 0) is 38.0 Å². The predicted octanol–water partition coefficient (Wildman–Crippen LogP) is 7.11. The van der Waals surface area contributed by atoms with Crippen molar-refractivity contribution in [2.75, 3.05) is 32.3 Å². The van der Waals surface area contributed by atoms with Gasteiger partial charge < -0.3 is 28.6 Å². The Balaban J connectivity index is 2.02. The molecule has 0 radical (unpaired) electrons. The molecule has 0 fully saturated rings. The number of fused-ring (bicyclic) bond motifs is 1. The lowest BCUT2D eigenvalue weighted by Crippen LogP contribution is -2.40. The Morgan fingerprint density at radius 1 is 0.870 bits per heavy atom. The molecule has 1 amide bonds. The molecular formula is C32H31F6NO7. The Hall–Kier alpha value is -4.46. The quantitative estimate of drug-likeness (QED) is 0.170. The molecule has 3 aromatic carbocycles. The van der Waals surface area contributed by atoms with Crippen molar-refractivity contribution in [3.8, 4) is 17.2 Å². The fourth-order valence-electron chi connectivity index (χ4n) is 5.18. The smallest absolute Gasteiger partial charge is 0.420 e. The molecule has 0 aliphatic carbocycles. The zero-order valence-electron chi connectivity index (χ0n) is 25.3. The monoisotopic (exact) mass is 655 g/mol. The van der Waals surface area contributed by atoms with Crippen LogP contribution in [0.1, 0.15) is 54.2 Å². The van der Waals surface area contributed by atoms with Gasteiger partial charge in [-0.1, -0.05) is 12.1 Å². The second-order valence-corrected chi connectivity index (χ2v) is 10.0. The number of esters is 1. The Labute approximate surface area is 260 Å². The number of hydrogen-bond donors (Lipinski definition) is 0. The first-order valence-corrected chi connectivity index (χ1v) is 14.1. The summed E-state index contributed by atoms with van der Waals surface area (Å²) in [4.78, 5) is 27.8. The first-order valence-electron chi connectivity index (χ1n) is 14.1. The molecule has 2 atom stereocenters. The van der Waals surface area contributed by atoms with E-state index in [-0.39, 0.29) is 36.8 Å². The van der Waals surface area contributed by atoms with Crippen molar-refractivity contribution in [1.82, 2.24) is 0 Å². The number of hydrogen-bond acceptors (Lipinski definition) is 7. The summed E-state index contributed by atoms with van der Waals surface area (Å²) >= 11 is 0. The molecule has 8 nitrogen and oxygen atoms in total. The molecule has 14 heteroatoms. The van der Waals surface area contributed by atoms with E-state index in [0.717, 1.165) is 23.1 Å². The number of amides is 1. The van der Waals surface area contributed by atoms with Crippen molar-refractivity contribution in [2.45, 2.75) is 51.4 Å². The lowest BCUT2D eigenvalue weighted by atomic mass is 9.92. The fourth-order valence-corrected chi connectivity index (χ4v) is 5.18. The highest BCUT2D eigenvalue weighted by molar-refractivity contribution is 6.00. The van der Waals surface area contributed by atoms with Crippen LogP contribution in [-0.4, -0.2) is 45.4 Å². The van der Waals surface area contributed by atoms with E-state index in [1.807, 2.05) is 0 Å². The maximum atomic E-state index is 14.6.